The molecule has 4 heteroatoms. The van der Waals surface area contributed by atoms with E-state index in [0.29, 0.717) is 0 Å². The third-order valence-corrected chi connectivity index (χ3v) is 1.21. The Morgan fingerprint density at radius 2 is 0.909 bits per heavy atom. The van der Waals surface area contributed by atoms with Gasteiger partial charge in [-0.1, -0.05) is 46.0 Å². The van der Waals surface area contributed by atoms with Crippen LogP contribution in [0.2, 0.25) is 0 Å². The van der Waals surface area contributed by atoms with Gasteiger partial charge in [-0.25, -0.2) is 0 Å². The fourth-order valence-corrected chi connectivity index (χ4v) is 0.677. The van der Waals surface area contributed by atoms with Crippen molar-refractivity contribution in [1.82, 2.24) is 0 Å². The summed E-state index contributed by atoms with van der Waals surface area (Å²) in [5.41, 5.74) is 0. The van der Waals surface area contributed by atoms with Crippen molar-refractivity contribution in [2.24, 2.45) is 0 Å². The largest absolute Gasteiger partial charge is 0.147 e. The lowest BCUT2D eigenvalue weighted by molar-refractivity contribution is 0.656. The molecular weight excluding hydrogens is 219 g/mol. The van der Waals surface area contributed by atoms with Crippen molar-refractivity contribution in [2.45, 2.75) is 46.0 Å². The molecule has 0 saturated carbocycles. The average Bonchev–Trinajstić information content (AvgIpc) is 1.69. The van der Waals surface area contributed by atoms with Gasteiger partial charge in [0.05, 0.1) is 0 Å². The van der Waals surface area contributed by atoms with Crippen LogP contribution in [0.25, 0.3) is 0 Å². The maximum atomic E-state index is 2.25. The third kappa shape index (κ3) is 35.4. The van der Waals surface area contributed by atoms with E-state index in [1.807, 2.05) is 0 Å². The first-order valence-corrected chi connectivity index (χ1v) is 3.41. The minimum absolute atomic E-state index is 0. The molecule has 0 heterocycles. The summed E-state index contributed by atoms with van der Waals surface area (Å²) < 4.78 is 0. The van der Waals surface area contributed by atoms with Crippen LogP contribution in [-0.4, -0.2) is 11.0 Å². The molecular formula is C7H23Cl3Si. The van der Waals surface area contributed by atoms with E-state index in [1.165, 1.54) is 32.1 Å². The van der Waals surface area contributed by atoms with Crippen molar-refractivity contribution in [3.63, 3.8) is 0 Å². The van der Waals surface area contributed by atoms with E-state index < -0.39 is 0 Å². The van der Waals surface area contributed by atoms with Gasteiger partial charge in [0.25, 0.3) is 0 Å². The van der Waals surface area contributed by atoms with E-state index >= 15 is 0 Å². The summed E-state index contributed by atoms with van der Waals surface area (Å²) in [6.45, 7) is 4.49. The van der Waals surface area contributed by atoms with Gasteiger partial charge in [0.2, 0.25) is 0 Å². The Balaban J connectivity index is -0.0000000300. The second kappa shape index (κ2) is 30.4. The van der Waals surface area contributed by atoms with E-state index in [9.17, 15) is 0 Å². The molecule has 0 aromatic carbocycles. The molecule has 0 unspecified atom stereocenters. The number of rotatable bonds is 4. The predicted molar refractivity (Wildman–Crippen MR) is 67.5 cm³/mol. The Morgan fingerprint density at radius 1 is 0.636 bits per heavy atom. The molecule has 0 amide bonds. The Labute approximate surface area is 94.2 Å². The fourth-order valence-electron chi connectivity index (χ4n) is 0.677. The zero-order chi connectivity index (χ0) is 5.54. The van der Waals surface area contributed by atoms with Crippen molar-refractivity contribution in [3.8, 4) is 0 Å². The first-order valence-electron chi connectivity index (χ1n) is 3.41. The van der Waals surface area contributed by atoms with Crippen LogP contribution in [0.15, 0.2) is 0 Å². The standard InChI is InChI=1S/C7H16.3ClH.H4Si/c1-3-5-7-6-4-2;;;;/h3-7H2,1-2H3;3*1H;1H4. The van der Waals surface area contributed by atoms with Crippen molar-refractivity contribution in [2.75, 3.05) is 0 Å². The number of halogens is 3. The highest BCUT2D eigenvalue weighted by molar-refractivity contribution is 5.86. The average molecular weight is 242 g/mol. The number of hydrogen-bond donors (Lipinski definition) is 0. The molecule has 0 rings (SSSR count). The molecule has 0 aliphatic rings. The van der Waals surface area contributed by atoms with Crippen LogP contribution in [0.4, 0.5) is 0 Å². The molecule has 0 saturated heterocycles. The highest BCUT2D eigenvalue weighted by Gasteiger charge is 1.80. The molecule has 0 N–H and O–H groups in total. The van der Waals surface area contributed by atoms with Gasteiger partial charge in [-0.3, -0.25) is 0 Å². The normalized spacial score (nSPS) is 6.00. The first kappa shape index (κ1) is 29.6. The van der Waals surface area contributed by atoms with E-state index in [4.69, 9.17) is 0 Å². The van der Waals surface area contributed by atoms with Crippen molar-refractivity contribution in [3.05, 3.63) is 0 Å². The first-order chi connectivity index (χ1) is 3.41. The Morgan fingerprint density at radius 3 is 1.09 bits per heavy atom. The maximum absolute atomic E-state index is 2.25. The summed E-state index contributed by atoms with van der Waals surface area (Å²) >= 11 is 0. The van der Waals surface area contributed by atoms with E-state index in [1.54, 1.807) is 0 Å². The van der Waals surface area contributed by atoms with Gasteiger partial charge < -0.3 is 0 Å². The van der Waals surface area contributed by atoms with Crippen LogP contribution in [0, 0.1) is 0 Å². The maximum Gasteiger partial charge on any atom is -0.0149 e. The molecule has 0 aromatic rings. The lowest BCUT2D eigenvalue weighted by Gasteiger charge is -1.90. The SMILES string of the molecule is CCCCCCC.Cl.Cl.Cl.[SiH4]. The van der Waals surface area contributed by atoms with Crippen molar-refractivity contribution in [1.29, 1.82) is 0 Å². The lowest BCUT2D eigenvalue weighted by Crippen LogP contribution is -1.70. The molecule has 0 fully saturated rings. The van der Waals surface area contributed by atoms with Crippen LogP contribution >= 0.6 is 37.2 Å². The smallest absolute Gasteiger partial charge is 0.0149 e. The minimum Gasteiger partial charge on any atom is -0.147 e. The van der Waals surface area contributed by atoms with Gasteiger partial charge >= 0.3 is 0 Å². The summed E-state index contributed by atoms with van der Waals surface area (Å²) in [5, 5.41) is 0. The number of unbranched alkanes of at least 4 members (excludes halogenated alkanes) is 4. The second-order valence-electron chi connectivity index (χ2n) is 2.06. The molecule has 0 aliphatic carbocycles. The van der Waals surface area contributed by atoms with Gasteiger partial charge in [-0.05, 0) is 11.0 Å². The topological polar surface area (TPSA) is 0 Å². The fraction of sp³-hybridized carbons (Fsp3) is 1.00. The zero-order valence-corrected chi connectivity index (χ0v) is 9.21. The predicted octanol–water partition coefficient (Wildman–Crippen LogP) is 2.79. The van der Waals surface area contributed by atoms with Gasteiger partial charge in [-0.15, -0.1) is 37.2 Å². The molecule has 11 heavy (non-hydrogen) atoms. The Bertz CT molecular complexity index is 32.9. The van der Waals surface area contributed by atoms with Gasteiger partial charge in [-0.2, -0.15) is 0 Å². The minimum atomic E-state index is 0. The van der Waals surface area contributed by atoms with Gasteiger partial charge in [0, 0.05) is 0 Å². The number of hydrogen-bond acceptors (Lipinski definition) is 0. The summed E-state index contributed by atoms with van der Waals surface area (Å²) in [5.74, 6) is 0. The Kier molecular flexibility index (Phi) is 81.9. The van der Waals surface area contributed by atoms with Crippen LogP contribution in [0.1, 0.15) is 46.0 Å². The molecule has 76 valence electrons. The molecule has 0 spiro atoms. The highest BCUT2D eigenvalue weighted by atomic mass is 35.5. The quantitative estimate of drug-likeness (QED) is 0.525. The van der Waals surface area contributed by atoms with Crippen molar-refractivity contribution < 1.29 is 0 Å². The third-order valence-electron chi connectivity index (χ3n) is 1.21. The summed E-state index contributed by atoms with van der Waals surface area (Å²) in [4.78, 5) is 0. The van der Waals surface area contributed by atoms with Gasteiger partial charge in [0.1, 0.15) is 0 Å². The molecule has 0 bridgehead atoms. The monoisotopic (exact) mass is 240 g/mol. The van der Waals surface area contributed by atoms with Gasteiger partial charge in [0.15, 0.2) is 0 Å². The van der Waals surface area contributed by atoms with E-state index in [0.717, 1.165) is 0 Å². The van der Waals surface area contributed by atoms with Crippen LogP contribution in [0.5, 0.6) is 0 Å². The van der Waals surface area contributed by atoms with Crippen LogP contribution < -0.4 is 0 Å². The summed E-state index contributed by atoms with van der Waals surface area (Å²) in [6, 6.07) is 0. The van der Waals surface area contributed by atoms with E-state index in [-0.39, 0.29) is 48.2 Å². The molecule has 0 atom stereocenters. The molecule has 0 aliphatic heterocycles. The van der Waals surface area contributed by atoms with E-state index in [2.05, 4.69) is 13.8 Å². The zero-order valence-electron chi connectivity index (χ0n) is 6.76. The van der Waals surface area contributed by atoms with Crippen molar-refractivity contribution >= 4 is 48.2 Å². The van der Waals surface area contributed by atoms with Crippen LogP contribution in [0.3, 0.4) is 0 Å². The second-order valence-corrected chi connectivity index (χ2v) is 2.06. The Hall–Kier alpha value is 1.09. The highest BCUT2D eigenvalue weighted by Crippen LogP contribution is 2.00. The molecule has 0 radical (unpaired) electrons. The lowest BCUT2D eigenvalue weighted by atomic mass is 10.2. The summed E-state index contributed by atoms with van der Waals surface area (Å²) in [7, 11) is 0. The summed E-state index contributed by atoms with van der Waals surface area (Å²) in [6.07, 6.45) is 7.01. The molecule has 0 nitrogen and oxygen atoms in total. The van der Waals surface area contributed by atoms with Crippen LogP contribution in [-0.2, 0) is 0 Å². The molecule has 0 aromatic heterocycles.